The third-order valence-electron chi connectivity index (χ3n) is 3.48. The van der Waals surface area contributed by atoms with E-state index in [1.807, 2.05) is 5.32 Å². The Labute approximate surface area is 134 Å². The number of ether oxygens (including phenoxy) is 1. The van der Waals surface area contributed by atoms with Gasteiger partial charge < -0.3 is 45.8 Å². The molecule has 1 saturated heterocycles. The van der Waals surface area contributed by atoms with E-state index >= 15 is 0 Å². The van der Waals surface area contributed by atoms with Crippen LogP contribution in [-0.4, -0.2) is 96.4 Å². The first-order chi connectivity index (χ1) is 11.0. The van der Waals surface area contributed by atoms with Gasteiger partial charge in [0.05, 0.1) is 18.8 Å². The lowest BCUT2D eigenvalue weighted by Gasteiger charge is -2.44. The zero-order chi connectivity index (χ0) is 18.7. The highest BCUT2D eigenvalue weighted by Gasteiger charge is 2.54. The fourth-order valence-corrected chi connectivity index (χ4v) is 2.28. The van der Waals surface area contributed by atoms with Crippen molar-refractivity contribution >= 4 is 17.8 Å². The van der Waals surface area contributed by atoms with Gasteiger partial charge in [0.15, 0.2) is 0 Å². The van der Waals surface area contributed by atoms with Crippen LogP contribution in [0.25, 0.3) is 0 Å². The minimum absolute atomic E-state index is 0.890. The van der Waals surface area contributed by atoms with E-state index in [1.165, 1.54) is 0 Å². The molecule has 1 amide bonds. The molecule has 1 fully saturated rings. The molecule has 0 aromatic carbocycles. The molecule has 0 bridgehead atoms. The number of aliphatic hydroxyl groups excluding tert-OH is 4. The molecule has 0 saturated carbocycles. The van der Waals surface area contributed by atoms with Crippen molar-refractivity contribution in [3.05, 3.63) is 0 Å². The van der Waals surface area contributed by atoms with E-state index in [1.54, 1.807) is 0 Å². The lowest BCUT2D eigenvalue weighted by Crippen LogP contribution is -2.67. The van der Waals surface area contributed by atoms with Crippen LogP contribution >= 0.6 is 0 Å². The van der Waals surface area contributed by atoms with Crippen molar-refractivity contribution in [1.29, 1.82) is 0 Å². The normalized spacial score (nSPS) is 32.6. The topological polar surface area (TPSA) is 214 Å². The Kier molecular flexibility index (Phi) is 6.59. The van der Waals surface area contributed by atoms with Crippen LogP contribution in [0.3, 0.4) is 0 Å². The molecule has 0 aromatic rings. The van der Waals surface area contributed by atoms with E-state index in [9.17, 15) is 34.8 Å². The number of carboxylic acid groups (broad SMARTS) is 2. The number of carboxylic acids is 2. The van der Waals surface area contributed by atoms with Gasteiger partial charge in [0.25, 0.3) is 5.79 Å². The zero-order valence-corrected chi connectivity index (χ0v) is 12.3. The smallest absolute Gasteiger partial charge is 0.364 e. The maximum absolute atomic E-state index is 11.5. The number of aliphatic hydroxyl groups is 5. The monoisotopic (exact) mass is 353 g/mol. The Morgan fingerprint density at radius 2 is 1.83 bits per heavy atom. The Balaban J connectivity index is 3.06. The van der Waals surface area contributed by atoms with E-state index in [-0.39, 0.29) is 0 Å². The maximum atomic E-state index is 11.5. The third kappa shape index (κ3) is 4.59. The van der Waals surface area contributed by atoms with Crippen molar-refractivity contribution in [3.63, 3.8) is 0 Å². The highest BCUT2D eigenvalue weighted by Crippen LogP contribution is 2.30. The molecule has 0 spiro atoms. The molecule has 1 aliphatic rings. The zero-order valence-electron chi connectivity index (χ0n) is 12.3. The summed E-state index contributed by atoms with van der Waals surface area (Å²) in [5.41, 5.74) is 0. The Morgan fingerprint density at radius 1 is 1.25 bits per heavy atom. The summed E-state index contributed by atoms with van der Waals surface area (Å²) in [5, 5.41) is 67.6. The first-order valence-corrected chi connectivity index (χ1v) is 6.81. The van der Waals surface area contributed by atoms with Crippen molar-refractivity contribution in [2.75, 3.05) is 6.61 Å². The van der Waals surface area contributed by atoms with Gasteiger partial charge in [-0.1, -0.05) is 0 Å². The fourth-order valence-electron chi connectivity index (χ4n) is 2.28. The summed E-state index contributed by atoms with van der Waals surface area (Å²) < 4.78 is 4.82. The minimum atomic E-state index is -2.91. The lowest BCUT2D eigenvalue weighted by atomic mass is 9.88. The van der Waals surface area contributed by atoms with Crippen molar-refractivity contribution in [3.8, 4) is 0 Å². The highest BCUT2D eigenvalue weighted by atomic mass is 16.7. The molecular weight excluding hydrogens is 334 g/mol. The molecule has 12 nitrogen and oxygen atoms in total. The summed E-state index contributed by atoms with van der Waals surface area (Å²) in [6, 6.07) is -1.53. The van der Waals surface area contributed by atoms with E-state index < -0.39 is 73.5 Å². The Bertz CT molecular complexity index is 497. The van der Waals surface area contributed by atoms with E-state index in [4.69, 9.17) is 20.1 Å². The summed E-state index contributed by atoms with van der Waals surface area (Å²) in [6.07, 6.45) is -9.28. The first kappa shape index (κ1) is 20.2. The second-order valence-corrected chi connectivity index (χ2v) is 5.35. The average Bonchev–Trinajstić information content (AvgIpc) is 2.47. The van der Waals surface area contributed by atoms with Crippen LogP contribution in [0.1, 0.15) is 12.8 Å². The van der Waals surface area contributed by atoms with Gasteiger partial charge in [0, 0.05) is 6.42 Å². The molecule has 2 unspecified atom stereocenters. The number of amides is 1. The number of rotatable bonds is 7. The number of aliphatic carboxylic acids is 2. The molecule has 8 N–H and O–H groups in total. The highest BCUT2D eigenvalue weighted by molar-refractivity contribution is 5.93. The molecule has 138 valence electrons. The summed E-state index contributed by atoms with van der Waals surface area (Å²) in [7, 11) is 0. The minimum Gasteiger partial charge on any atom is -0.481 e. The van der Waals surface area contributed by atoms with Crippen LogP contribution < -0.4 is 5.32 Å². The standard InChI is InChI=1S/C12H19NO11/c14-3-5(16)9(20)10-8(13-6(17)1-7(18)19)4(15)2-12(23,24-10)11(21)22/h4-5,8-10,14-16,20,23H,1-3H2,(H,13,17)(H,18,19)(H,21,22)/t4-,5-,8-,9-,10?,12?/m1/s1. The second kappa shape index (κ2) is 7.83. The number of hydrogen-bond donors (Lipinski definition) is 8. The van der Waals surface area contributed by atoms with Crippen LogP contribution in [0.2, 0.25) is 0 Å². The largest absolute Gasteiger partial charge is 0.481 e. The van der Waals surface area contributed by atoms with Crippen LogP contribution in [0.5, 0.6) is 0 Å². The van der Waals surface area contributed by atoms with Crippen molar-refractivity contribution in [2.45, 2.75) is 49.1 Å². The van der Waals surface area contributed by atoms with Crippen LogP contribution in [-0.2, 0) is 19.1 Å². The molecule has 1 aliphatic heterocycles. The van der Waals surface area contributed by atoms with Gasteiger partial charge in [-0.3, -0.25) is 9.59 Å². The summed E-state index contributed by atoms with van der Waals surface area (Å²) in [4.78, 5) is 33.1. The van der Waals surface area contributed by atoms with Crippen LogP contribution in [0.4, 0.5) is 0 Å². The molecular formula is C12H19NO11. The first-order valence-electron chi connectivity index (χ1n) is 6.81. The summed E-state index contributed by atoms with van der Waals surface area (Å²) >= 11 is 0. The van der Waals surface area contributed by atoms with Gasteiger partial charge in [-0.25, -0.2) is 4.79 Å². The van der Waals surface area contributed by atoms with Crippen LogP contribution in [0, 0.1) is 0 Å². The SMILES string of the molecule is O=C(O)CC(=O)N[C@H]1C([C@H](O)[C@H](O)CO)OC(O)(C(=O)O)C[C@H]1O. The lowest BCUT2D eigenvalue weighted by molar-refractivity contribution is -0.295. The number of nitrogens with one attached hydrogen (secondary N) is 1. The fraction of sp³-hybridized carbons (Fsp3) is 0.750. The molecule has 1 heterocycles. The number of carbonyl (C=O) groups is 3. The Hall–Kier alpha value is -1.83. The second-order valence-electron chi connectivity index (χ2n) is 5.35. The quantitative estimate of drug-likeness (QED) is 0.204. The summed E-state index contributed by atoms with van der Waals surface area (Å²) in [6.45, 7) is -0.960. The van der Waals surface area contributed by atoms with Gasteiger partial charge >= 0.3 is 11.9 Å². The van der Waals surface area contributed by atoms with Gasteiger partial charge in [-0.15, -0.1) is 0 Å². The van der Waals surface area contributed by atoms with Gasteiger partial charge in [-0.2, -0.15) is 0 Å². The van der Waals surface area contributed by atoms with Crippen molar-refractivity contribution in [2.24, 2.45) is 0 Å². The molecule has 1 rings (SSSR count). The van der Waals surface area contributed by atoms with E-state index in [0.717, 1.165) is 0 Å². The van der Waals surface area contributed by atoms with E-state index in [0.29, 0.717) is 0 Å². The molecule has 24 heavy (non-hydrogen) atoms. The number of carbonyl (C=O) groups excluding carboxylic acids is 1. The predicted octanol–water partition coefficient (Wildman–Crippen LogP) is -4.42. The molecule has 0 aliphatic carbocycles. The Morgan fingerprint density at radius 3 is 2.29 bits per heavy atom. The van der Waals surface area contributed by atoms with Gasteiger partial charge in [-0.05, 0) is 0 Å². The molecule has 0 radical (unpaired) electrons. The molecule has 0 aromatic heterocycles. The predicted molar refractivity (Wildman–Crippen MR) is 71.4 cm³/mol. The summed E-state index contributed by atoms with van der Waals surface area (Å²) in [5.74, 6) is -7.35. The third-order valence-corrected chi connectivity index (χ3v) is 3.48. The van der Waals surface area contributed by atoms with Crippen LogP contribution in [0.15, 0.2) is 0 Å². The van der Waals surface area contributed by atoms with E-state index in [2.05, 4.69) is 0 Å². The average molecular weight is 353 g/mol. The van der Waals surface area contributed by atoms with Crippen molar-refractivity contribution in [1.82, 2.24) is 5.32 Å². The van der Waals surface area contributed by atoms with Gasteiger partial charge in [0.1, 0.15) is 24.7 Å². The van der Waals surface area contributed by atoms with Crippen molar-refractivity contribution < 1.29 is 54.9 Å². The van der Waals surface area contributed by atoms with Gasteiger partial charge in [0.2, 0.25) is 5.91 Å². The molecule has 12 heteroatoms. The molecule has 6 atom stereocenters. The maximum Gasteiger partial charge on any atom is 0.364 e. The number of hydrogen-bond acceptors (Lipinski definition) is 9.